The minimum atomic E-state index is -3.96. The molecule has 0 amide bonds. The maximum Gasteiger partial charge on any atom is 0.265 e. The highest BCUT2D eigenvalue weighted by Gasteiger charge is 2.47. The molecule has 0 fully saturated rings. The summed E-state index contributed by atoms with van der Waals surface area (Å²) in [6, 6.07) is 4.37. The molecule has 0 radical (unpaired) electrons. The van der Waals surface area contributed by atoms with E-state index in [0.29, 0.717) is 0 Å². The molecule has 8 rings (SSSR count). The van der Waals surface area contributed by atoms with Crippen LogP contribution in [-0.4, -0.2) is 20.1 Å². The first-order valence-electron chi connectivity index (χ1n) is 20.3. The van der Waals surface area contributed by atoms with Crippen LogP contribution >= 0.6 is 0 Å². The number of aryl methyl sites for hydroxylation is 2. The van der Waals surface area contributed by atoms with E-state index in [2.05, 4.69) is 36.6 Å². The Morgan fingerprint density at radius 3 is 0.456 bits per heavy atom. The molecule has 0 aromatic heterocycles. The predicted octanol–water partition coefficient (Wildman–Crippen LogP) is 10.7. The van der Waals surface area contributed by atoms with Crippen molar-refractivity contribution < 1.29 is 132 Å². The van der Waals surface area contributed by atoms with Gasteiger partial charge in [-0.15, -0.1) is 0 Å². The van der Waals surface area contributed by atoms with Gasteiger partial charge in [0.15, 0.2) is 175 Å². The van der Waals surface area contributed by atoms with Crippen LogP contribution < -0.4 is 43.4 Å². The summed E-state index contributed by atoms with van der Waals surface area (Å²) in [6.07, 6.45) is 0. The SMILES string of the molecule is Cc1cc2c(cc1C)NCN2.Fc1c(F)c(F)c(B(c2c(F)c(F)c(F)c(F)c2F)c2c(F)c(F)c(F)c(F)c2F)c(F)c1F.Fc1c(F)c(F)c(B(c2c(F)c(F)c(F)c(F)c2F)c2c(F)c(F)c(F)c(F)c2F)c(F)c1F. The molecular weight excluding hydrogens is 1160 g/mol. The second kappa shape index (κ2) is 22.1. The molecule has 0 atom stereocenters. The number of anilines is 2. The molecule has 0 unspecified atom stereocenters. The van der Waals surface area contributed by atoms with Gasteiger partial charge in [-0.05, 0) is 37.1 Å². The third kappa shape index (κ3) is 9.83. The highest BCUT2D eigenvalue weighted by atomic mass is 19.2. The van der Waals surface area contributed by atoms with E-state index in [0.717, 1.165) is 6.67 Å². The van der Waals surface area contributed by atoms with E-state index in [9.17, 15) is 132 Å². The van der Waals surface area contributed by atoms with Crippen molar-refractivity contribution in [2.75, 3.05) is 17.3 Å². The molecule has 418 valence electrons. The Morgan fingerprint density at radius 2 is 0.329 bits per heavy atom. The summed E-state index contributed by atoms with van der Waals surface area (Å²) in [5.74, 6) is -90.4. The Labute approximate surface area is 418 Å². The molecule has 1 aliphatic rings. The van der Waals surface area contributed by atoms with Crippen LogP contribution in [0.4, 0.5) is 143 Å². The van der Waals surface area contributed by atoms with Crippen LogP contribution in [0.25, 0.3) is 0 Å². The number of rotatable bonds is 6. The van der Waals surface area contributed by atoms with E-state index in [1.54, 1.807) is 0 Å². The van der Waals surface area contributed by atoms with Gasteiger partial charge < -0.3 is 10.6 Å². The number of hydrogen-bond donors (Lipinski definition) is 2. The first kappa shape index (κ1) is 60.4. The molecule has 1 aliphatic heterocycles. The molecule has 7 aromatic carbocycles. The fourth-order valence-electron chi connectivity index (χ4n) is 7.46. The van der Waals surface area contributed by atoms with Crippen LogP contribution in [0.5, 0.6) is 0 Å². The summed E-state index contributed by atoms with van der Waals surface area (Å²) in [5.41, 5.74) is -10.9. The molecule has 0 saturated heterocycles. The monoisotopic (exact) mass is 1170 g/mol. The van der Waals surface area contributed by atoms with E-state index in [1.165, 1.54) is 22.5 Å². The standard InChI is InChI=1S/2C18BF15.C9H12N2/c2*20-4-1(5(21)11(27)16(32)10(4)26)19(2-6(22)12(28)17(33)13(29)7(2)23)3-8(24)14(30)18(34)15(31)9(3)25;1-6-3-8-9(4-7(6)2)11-5-10-8/h;;3-4,10-11H,5H2,1-2H3. The normalized spacial score (nSPS) is 11.7. The Kier molecular flexibility index (Phi) is 16.9. The van der Waals surface area contributed by atoms with Crippen molar-refractivity contribution in [2.45, 2.75) is 13.8 Å². The molecule has 7 aromatic rings. The summed E-state index contributed by atoms with van der Waals surface area (Å²) in [4.78, 5) is 0. The van der Waals surface area contributed by atoms with Gasteiger partial charge in [0, 0.05) is 32.8 Å². The first-order valence-corrected chi connectivity index (χ1v) is 20.3. The Balaban J connectivity index is 0.000000213. The van der Waals surface area contributed by atoms with Crippen molar-refractivity contribution in [3.8, 4) is 0 Å². The molecule has 2 nitrogen and oxygen atoms in total. The highest BCUT2D eigenvalue weighted by Crippen LogP contribution is 2.30. The fourth-order valence-corrected chi connectivity index (χ4v) is 7.46. The van der Waals surface area contributed by atoms with E-state index in [-0.39, 0.29) is 0 Å². The smallest absolute Gasteiger partial charge is 0.265 e. The molecule has 1 heterocycles. The Hall–Kier alpha value is -7.83. The molecule has 2 N–H and O–H groups in total. The van der Waals surface area contributed by atoms with Crippen molar-refractivity contribution in [3.05, 3.63) is 198 Å². The second-order valence-corrected chi connectivity index (χ2v) is 15.8. The average Bonchev–Trinajstić information content (AvgIpc) is 4.06. The van der Waals surface area contributed by atoms with E-state index < -0.39 is 221 Å². The van der Waals surface area contributed by atoms with E-state index in [1.807, 2.05) is 0 Å². The maximum absolute atomic E-state index is 14.4. The van der Waals surface area contributed by atoms with Crippen LogP contribution in [0, 0.1) is 188 Å². The van der Waals surface area contributed by atoms with Crippen molar-refractivity contribution in [1.29, 1.82) is 0 Å². The largest absolute Gasteiger partial charge is 0.366 e. The van der Waals surface area contributed by atoms with Crippen LogP contribution in [0.1, 0.15) is 11.1 Å². The average molecular weight is 1170 g/mol. The van der Waals surface area contributed by atoms with Gasteiger partial charge in [-0.25, -0.2) is 132 Å². The van der Waals surface area contributed by atoms with Gasteiger partial charge >= 0.3 is 0 Å². The van der Waals surface area contributed by atoms with Gasteiger partial charge in [-0.3, -0.25) is 0 Å². The number of hydrogen-bond acceptors (Lipinski definition) is 2. The summed E-state index contributed by atoms with van der Waals surface area (Å²) in [6.45, 7) is -2.79. The number of halogens is 30. The predicted molar refractivity (Wildman–Crippen MR) is 215 cm³/mol. The second-order valence-electron chi connectivity index (χ2n) is 15.8. The quantitative estimate of drug-likeness (QED) is 0.0751. The fraction of sp³-hybridized carbons (Fsp3) is 0.0667. The lowest BCUT2D eigenvalue weighted by Crippen LogP contribution is -2.60. The van der Waals surface area contributed by atoms with Gasteiger partial charge in [-0.1, -0.05) is 0 Å². The minimum Gasteiger partial charge on any atom is -0.366 e. The lowest BCUT2D eigenvalue weighted by molar-refractivity contribution is 0.380. The Morgan fingerprint density at radius 1 is 0.215 bits per heavy atom. The zero-order valence-corrected chi connectivity index (χ0v) is 37.4. The van der Waals surface area contributed by atoms with Crippen LogP contribution in [0.3, 0.4) is 0 Å². The summed E-state index contributed by atoms with van der Waals surface area (Å²) >= 11 is 0. The molecule has 0 spiro atoms. The third-order valence-electron chi connectivity index (χ3n) is 11.4. The van der Waals surface area contributed by atoms with E-state index in [4.69, 9.17) is 0 Å². The highest BCUT2D eigenvalue weighted by molar-refractivity contribution is 6.96. The minimum absolute atomic E-state index is 0.859. The van der Waals surface area contributed by atoms with Gasteiger partial charge in [0.1, 0.15) is 0 Å². The van der Waals surface area contributed by atoms with E-state index >= 15 is 0 Å². The topological polar surface area (TPSA) is 24.1 Å². The summed E-state index contributed by atoms with van der Waals surface area (Å²) in [7, 11) is 0. The van der Waals surface area contributed by atoms with Crippen LogP contribution in [0.2, 0.25) is 0 Å². The van der Waals surface area contributed by atoms with Gasteiger partial charge in [0.25, 0.3) is 13.4 Å². The maximum atomic E-state index is 14.4. The van der Waals surface area contributed by atoms with Crippen molar-refractivity contribution in [3.63, 3.8) is 0 Å². The summed E-state index contributed by atoms with van der Waals surface area (Å²) < 4.78 is 417. The zero-order valence-electron chi connectivity index (χ0n) is 37.4. The van der Waals surface area contributed by atoms with Crippen molar-refractivity contribution in [2.24, 2.45) is 0 Å². The van der Waals surface area contributed by atoms with Crippen LogP contribution in [0.15, 0.2) is 12.1 Å². The molecular formula is C45H12B2F30N2. The van der Waals surface area contributed by atoms with Crippen molar-refractivity contribution >= 4 is 57.6 Å². The third-order valence-corrected chi connectivity index (χ3v) is 11.4. The summed E-state index contributed by atoms with van der Waals surface area (Å²) in [5, 5.41) is 6.51. The van der Waals surface area contributed by atoms with Gasteiger partial charge in [0.2, 0.25) is 0 Å². The lowest BCUT2D eigenvalue weighted by Gasteiger charge is -2.21. The molecule has 0 saturated carbocycles. The zero-order chi connectivity index (χ0) is 59.8. The number of nitrogens with one attached hydrogen (secondary N) is 2. The number of fused-ring (bicyclic) bond motifs is 1. The Bertz CT molecular complexity index is 2980. The van der Waals surface area contributed by atoms with Crippen LogP contribution in [-0.2, 0) is 0 Å². The first-order chi connectivity index (χ1) is 36.6. The van der Waals surface area contributed by atoms with Gasteiger partial charge in [-0.2, -0.15) is 0 Å². The molecule has 0 bridgehead atoms. The van der Waals surface area contributed by atoms with Gasteiger partial charge in [0.05, 0.1) is 18.0 Å². The molecule has 79 heavy (non-hydrogen) atoms. The molecule has 34 heteroatoms. The number of benzene rings is 7. The molecule has 0 aliphatic carbocycles. The van der Waals surface area contributed by atoms with Crippen molar-refractivity contribution in [1.82, 2.24) is 0 Å². The lowest BCUT2D eigenvalue weighted by atomic mass is 9.36.